The lowest BCUT2D eigenvalue weighted by Gasteiger charge is -2.33. The van der Waals surface area contributed by atoms with Gasteiger partial charge in [-0.3, -0.25) is 4.79 Å². The van der Waals surface area contributed by atoms with E-state index in [1.165, 1.54) is 23.3 Å². The van der Waals surface area contributed by atoms with Crippen molar-refractivity contribution in [2.75, 3.05) is 25.0 Å². The van der Waals surface area contributed by atoms with Crippen LogP contribution >= 0.6 is 0 Å². The van der Waals surface area contributed by atoms with Crippen molar-refractivity contribution in [2.45, 2.75) is 40.2 Å². The predicted molar refractivity (Wildman–Crippen MR) is 122 cm³/mol. The minimum absolute atomic E-state index is 0.00635. The van der Waals surface area contributed by atoms with E-state index in [4.69, 9.17) is 9.97 Å². The molecule has 1 aliphatic rings. The first-order valence-corrected chi connectivity index (χ1v) is 10.8. The highest BCUT2D eigenvalue weighted by Crippen LogP contribution is 2.26. The number of anilines is 1. The Bertz CT molecular complexity index is 1100. The van der Waals surface area contributed by atoms with Crippen molar-refractivity contribution in [1.82, 2.24) is 14.9 Å². The van der Waals surface area contributed by atoms with Crippen molar-refractivity contribution >= 4 is 22.8 Å². The lowest BCUT2D eigenvalue weighted by Crippen LogP contribution is -2.41. The number of nitrogens with zero attached hydrogens (tertiary/aromatic N) is 4. The number of rotatable bonds is 4. The number of piperidine rings is 1. The lowest BCUT2D eigenvalue weighted by molar-refractivity contribution is -0.135. The molecule has 0 atom stereocenters. The monoisotopic (exact) mass is 420 g/mol. The number of benzene rings is 2. The highest BCUT2D eigenvalue weighted by atomic mass is 19.1. The smallest absolute Gasteiger partial charge is 0.226 e. The summed E-state index contributed by atoms with van der Waals surface area (Å²) in [4.78, 5) is 26.4. The first kappa shape index (κ1) is 21.2. The van der Waals surface area contributed by atoms with Gasteiger partial charge in [-0.2, -0.15) is 0 Å². The van der Waals surface area contributed by atoms with E-state index in [2.05, 4.69) is 30.9 Å². The Labute approximate surface area is 182 Å². The standard InChI is InChI=1S/C25H29FN4O/c1-16-13-22-18(3)27-25(28-23(22)14-17(16)2)30-11-9-20(10-12-30)24(31)29(4)15-19-5-7-21(26)8-6-19/h5-8,13-14,20H,9-12,15H2,1-4H3. The van der Waals surface area contributed by atoms with E-state index < -0.39 is 0 Å². The van der Waals surface area contributed by atoms with Crippen molar-refractivity contribution in [3.05, 3.63) is 64.6 Å². The molecule has 1 amide bonds. The van der Waals surface area contributed by atoms with Gasteiger partial charge in [-0.25, -0.2) is 14.4 Å². The van der Waals surface area contributed by atoms with Crippen molar-refractivity contribution in [2.24, 2.45) is 5.92 Å². The van der Waals surface area contributed by atoms with Gasteiger partial charge in [0.05, 0.1) is 11.2 Å². The summed E-state index contributed by atoms with van der Waals surface area (Å²) in [6.45, 7) is 8.25. The molecule has 0 spiro atoms. The third-order valence-corrected chi connectivity index (χ3v) is 6.33. The second kappa shape index (κ2) is 8.61. The quantitative estimate of drug-likeness (QED) is 0.620. The summed E-state index contributed by atoms with van der Waals surface area (Å²) in [6.07, 6.45) is 1.56. The molecule has 162 valence electrons. The van der Waals surface area contributed by atoms with Crippen LogP contribution in [0.15, 0.2) is 36.4 Å². The number of hydrogen-bond donors (Lipinski definition) is 0. The van der Waals surface area contributed by atoms with Gasteiger partial charge in [0.15, 0.2) is 0 Å². The van der Waals surface area contributed by atoms with Crippen LogP contribution in [-0.4, -0.2) is 40.9 Å². The second-order valence-electron chi connectivity index (χ2n) is 8.64. The minimum atomic E-state index is -0.262. The summed E-state index contributed by atoms with van der Waals surface area (Å²) in [5.41, 5.74) is 5.37. The summed E-state index contributed by atoms with van der Waals surface area (Å²) in [5, 5.41) is 1.10. The molecule has 1 saturated heterocycles. The van der Waals surface area contributed by atoms with Crippen molar-refractivity contribution < 1.29 is 9.18 Å². The maximum absolute atomic E-state index is 13.1. The normalized spacial score (nSPS) is 14.8. The summed E-state index contributed by atoms with van der Waals surface area (Å²) in [7, 11) is 1.82. The molecule has 1 fully saturated rings. The van der Waals surface area contributed by atoms with E-state index in [9.17, 15) is 9.18 Å². The Morgan fingerprint density at radius 2 is 1.71 bits per heavy atom. The SMILES string of the molecule is Cc1cc2nc(N3CCC(C(=O)N(C)Cc4ccc(F)cc4)CC3)nc(C)c2cc1C. The molecule has 2 aromatic carbocycles. The van der Waals surface area contributed by atoms with Crippen LogP contribution in [0.5, 0.6) is 0 Å². The van der Waals surface area contributed by atoms with E-state index >= 15 is 0 Å². The first-order valence-electron chi connectivity index (χ1n) is 10.8. The molecule has 2 heterocycles. The number of amides is 1. The number of halogens is 1. The largest absolute Gasteiger partial charge is 0.341 e. The van der Waals surface area contributed by atoms with Gasteiger partial charge in [0.25, 0.3) is 0 Å². The zero-order chi connectivity index (χ0) is 22.1. The van der Waals surface area contributed by atoms with Crippen LogP contribution in [0.4, 0.5) is 10.3 Å². The summed E-state index contributed by atoms with van der Waals surface area (Å²) < 4.78 is 13.1. The Kier molecular flexibility index (Phi) is 5.90. The minimum Gasteiger partial charge on any atom is -0.341 e. The number of aromatic nitrogens is 2. The molecule has 0 N–H and O–H groups in total. The Morgan fingerprint density at radius 1 is 1.06 bits per heavy atom. The summed E-state index contributed by atoms with van der Waals surface area (Å²) >= 11 is 0. The van der Waals surface area contributed by atoms with Gasteiger partial charge in [-0.1, -0.05) is 12.1 Å². The third-order valence-electron chi connectivity index (χ3n) is 6.33. The molecular formula is C25H29FN4O. The molecular weight excluding hydrogens is 391 g/mol. The molecule has 0 aliphatic carbocycles. The Morgan fingerprint density at radius 3 is 2.39 bits per heavy atom. The molecule has 5 nitrogen and oxygen atoms in total. The number of fused-ring (bicyclic) bond motifs is 1. The molecule has 31 heavy (non-hydrogen) atoms. The summed E-state index contributed by atoms with van der Waals surface area (Å²) in [5.74, 6) is 0.624. The molecule has 0 unspecified atom stereocenters. The fraction of sp³-hybridized carbons (Fsp3) is 0.400. The van der Waals surface area contributed by atoms with Crippen LogP contribution in [0.3, 0.4) is 0 Å². The van der Waals surface area contributed by atoms with Crippen LogP contribution in [0, 0.1) is 32.5 Å². The highest BCUT2D eigenvalue weighted by molar-refractivity contribution is 5.83. The zero-order valence-electron chi connectivity index (χ0n) is 18.7. The number of hydrogen-bond acceptors (Lipinski definition) is 4. The fourth-order valence-electron chi connectivity index (χ4n) is 4.25. The van der Waals surface area contributed by atoms with Crippen molar-refractivity contribution in [1.29, 1.82) is 0 Å². The van der Waals surface area contributed by atoms with Gasteiger partial charge in [-0.15, -0.1) is 0 Å². The van der Waals surface area contributed by atoms with Gasteiger partial charge in [0.1, 0.15) is 5.82 Å². The number of carbonyl (C=O) groups excluding carboxylic acids is 1. The van der Waals surface area contributed by atoms with E-state index in [1.54, 1.807) is 17.0 Å². The molecule has 0 radical (unpaired) electrons. The third kappa shape index (κ3) is 4.53. The van der Waals surface area contributed by atoms with Crippen LogP contribution in [-0.2, 0) is 11.3 Å². The van der Waals surface area contributed by atoms with Gasteiger partial charge in [-0.05, 0) is 74.6 Å². The molecule has 4 rings (SSSR count). The Hall–Kier alpha value is -3.02. The van der Waals surface area contributed by atoms with Crippen molar-refractivity contribution in [3.8, 4) is 0 Å². The van der Waals surface area contributed by atoms with Crippen LogP contribution in [0.25, 0.3) is 10.9 Å². The molecule has 3 aromatic rings. The first-order chi connectivity index (χ1) is 14.8. The zero-order valence-corrected chi connectivity index (χ0v) is 18.7. The van der Waals surface area contributed by atoms with Gasteiger partial charge in [0.2, 0.25) is 11.9 Å². The number of carbonyl (C=O) groups is 1. The van der Waals surface area contributed by atoms with Crippen LogP contribution in [0.1, 0.15) is 35.2 Å². The second-order valence-corrected chi connectivity index (χ2v) is 8.64. The average molecular weight is 421 g/mol. The van der Waals surface area contributed by atoms with Gasteiger partial charge < -0.3 is 9.80 Å². The lowest BCUT2D eigenvalue weighted by atomic mass is 9.95. The fourth-order valence-corrected chi connectivity index (χ4v) is 4.25. The van der Waals surface area contributed by atoms with Crippen LogP contribution < -0.4 is 4.90 Å². The van der Waals surface area contributed by atoms with Crippen LogP contribution in [0.2, 0.25) is 0 Å². The molecule has 0 bridgehead atoms. The van der Waals surface area contributed by atoms with Gasteiger partial charge >= 0.3 is 0 Å². The number of aryl methyl sites for hydroxylation is 3. The molecule has 1 aliphatic heterocycles. The summed E-state index contributed by atoms with van der Waals surface area (Å²) in [6, 6.07) is 10.6. The van der Waals surface area contributed by atoms with Crippen molar-refractivity contribution in [3.63, 3.8) is 0 Å². The molecule has 6 heteroatoms. The maximum Gasteiger partial charge on any atom is 0.226 e. The molecule has 1 aromatic heterocycles. The average Bonchev–Trinajstić information content (AvgIpc) is 2.76. The van der Waals surface area contributed by atoms with E-state index in [0.717, 1.165) is 54.0 Å². The molecule has 0 saturated carbocycles. The van der Waals surface area contributed by atoms with E-state index in [-0.39, 0.29) is 17.6 Å². The Balaban J connectivity index is 1.41. The van der Waals surface area contributed by atoms with Gasteiger partial charge in [0, 0.05) is 38.0 Å². The predicted octanol–water partition coefficient (Wildman–Crippen LogP) is 4.57. The topological polar surface area (TPSA) is 49.3 Å². The van der Waals surface area contributed by atoms with E-state index in [0.29, 0.717) is 6.54 Å². The highest BCUT2D eigenvalue weighted by Gasteiger charge is 2.28. The maximum atomic E-state index is 13.1. The van der Waals surface area contributed by atoms with E-state index in [1.807, 2.05) is 14.0 Å².